The molecule has 0 rings (SSSR count). The third kappa shape index (κ3) is 4.79. The molecular formula is C7H16OS. The third-order valence-electron chi connectivity index (χ3n) is 1.30. The van der Waals surface area contributed by atoms with Gasteiger partial charge < -0.3 is 5.11 Å². The van der Waals surface area contributed by atoms with E-state index in [2.05, 4.69) is 13.8 Å². The van der Waals surface area contributed by atoms with E-state index in [-0.39, 0.29) is 5.44 Å². The first kappa shape index (κ1) is 9.31. The van der Waals surface area contributed by atoms with Crippen LogP contribution in [0.15, 0.2) is 0 Å². The molecule has 1 atom stereocenters. The zero-order valence-corrected chi connectivity index (χ0v) is 7.24. The summed E-state index contributed by atoms with van der Waals surface area (Å²) in [6.45, 7) is 6.14. The first-order valence-electron chi connectivity index (χ1n) is 3.54. The summed E-state index contributed by atoms with van der Waals surface area (Å²) in [7, 11) is 0. The maximum atomic E-state index is 8.95. The van der Waals surface area contributed by atoms with Crippen molar-refractivity contribution in [1.82, 2.24) is 0 Å². The molecule has 0 fully saturated rings. The molecule has 0 bridgehead atoms. The van der Waals surface area contributed by atoms with Crippen molar-refractivity contribution in [2.75, 3.05) is 0 Å². The van der Waals surface area contributed by atoms with E-state index in [9.17, 15) is 0 Å². The molecule has 1 unspecified atom stereocenters. The second kappa shape index (κ2) is 5.12. The Labute approximate surface area is 61.8 Å². The maximum absolute atomic E-state index is 8.95. The van der Waals surface area contributed by atoms with Gasteiger partial charge in [0.2, 0.25) is 0 Å². The van der Waals surface area contributed by atoms with Gasteiger partial charge in [-0.2, -0.15) is 0 Å². The highest BCUT2D eigenvalue weighted by Gasteiger charge is 2.05. The molecule has 0 saturated carbocycles. The lowest BCUT2D eigenvalue weighted by molar-refractivity contribution is 0.283. The van der Waals surface area contributed by atoms with E-state index in [1.54, 1.807) is 11.8 Å². The van der Waals surface area contributed by atoms with E-state index in [1.165, 1.54) is 0 Å². The average molecular weight is 148 g/mol. The highest BCUT2D eigenvalue weighted by Crippen LogP contribution is 2.20. The third-order valence-corrected chi connectivity index (χ3v) is 2.75. The highest BCUT2D eigenvalue weighted by molar-refractivity contribution is 8.00. The second-order valence-corrected chi connectivity index (χ2v) is 3.79. The van der Waals surface area contributed by atoms with Crippen LogP contribution in [0.5, 0.6) is 0 Å². The summed E-state index contributed by atoms with van der Waals surface area (Å²) in [6, 6.07) is 0. The molecule has 0 aliphatic carbocycles. The largest absolute Gasteiger partial charge is 0.383 e. The van der Waals surface area contributed by atoms with Crippen molar-refractivity contribution in [1.29, 1.82) is 0 Å². The van der Waals surface area contributed by atoms with Crippen molar-refractivity contribution in [2.24, 2.45) is 0 Å². The first-order chi connectivity index (χ1) is 4.20. The predicted molar refractivity (Wildman–Crippen MR) is 43.6 cm³/mol. The van der Waals surface area contributed by atoms with E-state index < -0.39 is 0 Å². The van der Waals surface area contributed by atoms with Crippen LogP contribution >= 0.6 is 11.8 Å². The van der Waals surface area contributed by atoms with Gasteiger partial charge in [0.05, 0.1) is 5.44 Å². The molecular weight excluding hydrogens is 132 g/mol. The topological polar surface area (TPSA) is 20.2 Å². The Morgan fingerprint density at radius 3 is 1.89 bits per heavy atom. The Morgan fingerprint density at radius 2 is 1.78 bits per heavy atom. The van der Waals surface area contributed by atoms with Crippen molar-refractivity contribution in [3.63, 3.8) is 0 Å². The summed E-state index contributed by atoms with van der Waals surface area (Å²) < 4.78 is 0. The van der Waals surface area contributed by atoms with Crippen molar-refractivity contribution in [3.05, 3.63) is 0 Å². The molecule has 0 saturated heterocycles. The molecule has 0 aromatic heterocycles. The molecule has 56 valence electrons. The van der Waals surface area contributed by atoms with Crippen LogP contribution in [0.25, 0.3) is 0 Å². The van der Waals surface area contributed by atoms with E-state index in [1.807, 2.05) is 6.92 Å². The molecule has 0 spiro atoms. The fourth-order valence-corrected chi connectivity index (χ4v) is 1.70. The number of hydrogen-bond donors (Lipinski definition) is 1. The fraction of sp³-hybridized carbons (Fsp3) is 1.00. The highest BCUT2D eigenvalue weighted by atomic mass is 32.2. The Morgan fingerprint density at radius 1 is 1.33 bits per heavy atom. The average Bonchev–Trinajstić information content (AvgIpc) is 1.82. The Balaban J connectivity index is 3.31. The first-order valence-corrected chi connectivity index (χ1v) is 4.48. The van der Waals surface area contributed by atoms with Crippen LogP contribution in [0, 0.1) is 0 Å². The van der Waals surface area contributed by atoms with Crippen molar-refractivity contribution >= 4 is 11.8 Å². The molecule has 1 nitrogen and oxygen atoms in total. The van der Waals surface area contributed by atoms with Crippen LogP contribution in [0.1, 0.15) is 33.6 Å². The monoisotopic (exact) mass is 148 g/mol. The SMILES string of the molecule is CCC(CC)SC(C)O. The molecule has 2 heteroatoms. The van der Waals surface area contributed by atoms with Gasteiger partial charge >= 0.3 is 0 Å². The minimum Gasteiger partial charge on any atom is -0.383 e. The molecule has 9 heavy (non-hydrogen) atoms. The summed E-state index contributed by atoms with van der Waals surface area (Å²) >= 11 is 1.66. The Hall–Kier alpha value is 0.310. The molecule has 1 N–H and O–H groups in total. The molecule has 0 heterocycles. The summed E-state index contributed by atoms with van der Waals surface area (Å²) in [5, 5.41) is 9.59. The summed E-state index contributed by atoms with van der Waals surface area (Å²) in [6.07, 6.45) is 2.32. The molecule has 0 aromatic carbocycles. The number of hydrogen-bond acceptors (Lipinski definition) is 2. The van der Waals surface area contributed by atoms with Gasteiger partial charge in [-0.3, -0.25) is 0 Å². The zero-order valence-electron chi connectivity index (χ0n) is 6.42. The van der Waals surface area contributed by atoms with Gasteiger partial charge in [-0.05, 0) is 19.8 Å². The van der Waals surface area contributed by atoms with Gasteiger partial charge in [-0.15, -0.1) is 11.8 Å². The smallest absolute Gasteiger partial charge is 0.0967 e. The quantitative estimate of drug-likeness (QED) is 0.617. The number of aliphatic hydroxyl groups excluding tert-OH is 1. The van der Waals surface area contributed by atoms with Gasteiger partial charge in [0.15, 0.2) is 0 Å². The summed E-state index contributed by atoms with van der Waals surface area (Å²) in [5.74, 6) is 0. The number of aliphatic hydroxyl groups is 1. The lowest BCUT2D eigenvalue weighted by Gasteiger charge is -2.12. The van der Waals surface area contributed by atoms with Crippen molar-refractivity contribution in [2.45, 2.75) is 44.3 Å². The van der Waals surface area contributed by atoms with Gasteiger partial charge in [-0.25, -0.2) is 0 Å². The lowest BCUT2D eigenvalue weighted by Crippen LogP contribution is -2.04. The van der Waals surface area contributed by atoms with Gasteiger partial charge in [0, 0.05) is 5.25 Å². The number of rotatable bonds is 4. The van der Waals surface area contributed by atoms with E-state index in [0.717, 1.165) is 12.8 Å². The summed E-state index contributed by atoms with van der Waals surface area (Å²) in [4.78, 5) is 0. The molecule has 0 amide bonds. The summed E-state index contributed by atoms with van der Waals surface area (Å²) in [5.41, 5.74) is -0.199. The van der Waals surface area contributed by atoms with Crippen LogP contribution in [0.3, 0.4) is 0 Å². The van der Waals surface area contributed by atoms with Gasteiger partial charge in [0.25, 0.3) is 0 Å². The van der Waals surface area contributed by atoms with Crippen molar-refractivity contribution in [3.8, 4) is 0 Å². The van der Waals surface area contributed by atoms with E-state index in [0.29, 0.717) is 5.25 Å². The normalized spacial score (nSPS) is 14.3. The minimum absolute atomic E-state index is 0.199. The van der Waals surface area contributed by atoms with Gasteiger partial charge in [-0.1, -0.05) is 13.8 Å². The standard InChI is InChI=1S/C7H16OS/c1-4-7(5-2)9-6(3)8/h6-8H,4-5H2,1-3H3. The maximum Gasteiger partial charge on any atom is 0.0967 e. The van der Waals surface area contributed by atoms with Crippen LogP contribution in [-0.4, -0.2) is 15.8 Å². The second-order valence-electron chi connectivity index (χ2n) is 2.17. The molecule has 0 aromatic rings. The van der Waals surface area contributed by atoms with Crippen LogP contribution in [0.2, 0.25) is 0 Å². The molecule has 0 radical (unpaired) electrons. The van der Waals surface area contributed by atoms with Crippen LogP contribution < -0.4 is 0 Å². The zero-order chi connectivity index (χ0) is 7.28. The minimum atomic E-state index is -0.199. The van der Waals surface area contributed by atoms with Crippen LogP contribution in [0.4, 0.5) is 0 Å². The van der Waals surface area contributed by atoms with Crippen LogP contribution in [-0.2, 0) is 0 Å². The van der Waals surface area contributed by atoms with Crippen molar-refractivity contribution < 1.29 is 5.11 Å². The Kier molecular flexibility index (Phi) is 5.30. The van der Waals surface area contributed by atoms with E-state index in [4.69, 9.17) is 5.11 Å². The predicted octanol–water partition coefficient (Wildman–Crippen LogP) is 2.25. The fourth-order valence-electron chi connectivity index (χ4n) is 0.760. The van der Waals surface area contributed by atoms with Gasteiger partial charge in [0.1, 0.15) is 0 Å². The Bertz CT molecular complexity index is 59.9. The lowest BCUT2D eigenvalue weighted by atomic mass is 10.3. The number of thioether (sulfide) groups is 1. The molecule has 0 aliphatic heterocycles. The van der Waals surface area contributed by atoms with E-state index >= 15 is 0 Å². The molecule has 0 aliphatic rings.